The van der Waals surface area contributed by atoms with Gasteiger partial charge in [-0.25, -0.2) is 4.98 Å². The van der Waals surface area contributed by atoms with E-state index in [-0.39, 0.29) is 18.2 Å². The van der Waals surface area contributed by atoms with Crippen molar-refractivity contribution in [2.75, 3.05) is 16.8 Å². The molecule has 4 rings (SSSR count). The van der Waals surface area contributed by atoms with Gasteiger partial charge in [-0.2, -0.15) is 28.4 Å². The van der Waals surface area contributed by atoms with Crippen LogP contribution >= 0.6 is 0 Å². The first-order valence-electron chi connectivity index (χ1n) is 9.01. The molecular formula is C19H16F3N7. The lowest BCUT2D eigenvalue weighted by Crippen LogP contribution is -2.29. The summed E-state index contributed by atoms with van der Waals surface area (Å²) in [5.41, 5.74) is -0.521. The van der Waals surface area contributed by atoms with E-state index in [0.29, 0.717) is 35.8 Å². The molecule has 29 heavy (non-hydrogen) atoms. The number of aromatic nitrogens is 4. The number of anilines is 2. The monoisotopic (exact) mass is 399 g/mol. The van der Waals surface area contributed by atoms with E-state index >= 15 is 0 Å². The molecule has 10 heteroatoms. The van der Waals surface area contributed by atoms with Gasteiger partial charge in [-0.1, -0.05) is 6.07 Å². The van der Waals surface area contributed by atoms with E-state index in [1.54, 1.807) is 23.2 Å². The summed E-state index contributed by atoms with van der Waals surface area (Å²) in [6.45, 7) is 0.516. The number of alkyl halides is 3. The zero-order valence-corrected chi connectivity index (χ0v) is 15.2. The second-order valence-corrected chi connectivity index (χ2v) is 6.59. The first-order valence-corrected chi connectivity index (χ1v) is 9.01. The van der Waals surface area contributed by atoms with Crippen LogP contribution in [-0.2, 0) is 12.7 Å². The molecule has 3 aromatic rings. The van der Waals surface area contributed by atoms with Crippen LogP contribution in [0.4, 0.5) is 24.9 Å². The van der Waals surface area contributed by atoms with E-state index in [1.807, 2.05) is 0 Å². The molecule has 1 unspecified atom stereocenters. The molecule has 1 N–H and O–H groups in total. The number of nitrogens with one attached hydrogen (secondary N) is 1. The second-order valence-electron chi connectivity index (χ2n) is 6.59. The Labute approximate surface area is 164 Å². The van der Waals surface area contributed by atoms with Crippen LogP contribution in [0.25, 0.3) is 11.0 Å². The van der Waals surface area contributed by atoms with Crippen LogP contribution in [0.2, 0.25) is 0 Å². The van der Waals surface area contributed by atoms with E-state index in [4.69, 9.17) is 0 Å². The number of hydrogen-bond donors (Lipinski definition) is 1. The van der Waals surface area contributed by atoms with Crippen molar-refractivity contribution in [3.8, 4) is 6.07 Å². The predicted molar refractivity (Wildman–Crippen MR) is 99.9 cm³/mol. The highest BCUT2D eigenvalue weighted by molar-refractivity contribution is 5.87. The molecule has 1 fully saturated rings. The zero-order valence-electron chi connectivity index (χ0n) is 15.2. The molecule has 0 bridgehead atoms. The Hall–Kier alpha value is -3.48. The maximum atomic E-state index is 13.2. The van der Waals surface area contributed by atoms with Crippen molar-refractivity contribution in [1.29, 1.82) is 5.26 Å². The average molecular weight is 399 g/mol. The van der Waals surface area contributed by atoms with Gasteiger partial charge in [0.05, 0.1) is 11.5 Å². The Morgan fingerprint density at radius 1 is 1.17 bits per heavy atom. The fourth-order valence-electron chi connectivity index (χ4n) is 3.37. The van der Waals surface area contributed by atoms with Crippen molar-refractivity contribution in [3.05, 3.63) is 47.9 Å². The number of fused-ring (bicyclic) bond motifs is 1. The summed E-state index contributed by atoms with van der Waals surface area (Å²) in [5.74, 6) is 0.698. The summed E-state index contributed by atoms with van der Waals surface area (Å²) in [7, 11) is 0. The molecule has 0 spiro atoms. The first-order chi connectivity index (χ1) is 14.0. The number of nitriles is 1. The number of halogens is 3. The van der Waals surface area contributed by atoms with E-state index < -0.39 is 11.9 Å². The largest absolute Gasteiger partial charge is 0.433 e. The third-order valence-corrected chi connectivity index (χ3v) is 4.72. The predicted octanol–water partition coefficient (Wildman–Crippen LogP) is 3.54. The number of pyridine rings is 2. The standard InChI is InChI=1S/C19H16F3N7/c20-19(21,22)15-12(4-1-7-24-15)11-26-17-14-6-2-8-25-16(14)27-18(28-17)29-9-3-5-13(29)10-23/h1-2,4,6-8,13H,3,5,9,11H2,(H,25,26,27,28). The summed E-state index contributed by atoms with van der Waals surface area (Å²) < 4.78 is 39.6. The van der Waals surface area contributed by atoms with Crippen LogP contribution in [0, 0.1) is 11.3 Å². The third-order valence-electron chi connectivity index (χ3n) is 4.72. The number of nitrogens with zero attached hydrogens (tertiary/aromatic N) is 6. The molecule has 1 atom stereocenters. The molecule has 148 valence electrons. The molecule has 0 amide bonds. The molecule has 4 heterocycles. The normalized spacial score (nSPS) is 16.8. The Bertz CT molecular complexity index is 1080. The van der Waals surface area contributed by atoms with Crippen molar-refractivity contribution >= 4 is 22.8 Å². The molecule has 0 aliphatic carbocycles. The number of rotatable bonds is 4. The van der Waals surface area contributed by atoms with Gasteiger partial charge in [0.25, 0.3) is 0 Å². The highest BCUT2D eigenvalue weighted by atomic mass is 19.4. The molecule has 0 radical (unpaired) electrons. The van der Waals surface area contributed by atoms with Crippen LogP contribution in [0.3, 0.4) is 0 Å². The lowest BCUT2D eigenvalue weighted by molar-refractivity contribution is -0.141. The zero-order chi connectivity index (χ0) is 20.4. The van der Waals surface area contributed by atoms with Crippen LogP contribution in [0.1, 0.15) is 24.1 Å². The van der Waals surface area contributed by atoms with Gasteiger partial charge in [-0.05, 0) is 31.0 Å². The first kappa shape index (κ1) is 18.9. The minimum atomic E-state index is -4.55. The highest BCUT2D eigenvalue weighted by Gasteiger charge is 2.35. The molecule has 0 saturated carbocycles. The van der Waals surface area contributed by atoms with Gasteiger partial charge < -0.3 is 10.2 Å². The fraction of sp³-hybridized carbons (Fsp3) is 0.316. The molecule has 1 saturated heterocycles. The lowest BCUT2D eigenvalue weighted by atomic mass is 10.2. The minimum Gasteiger partial charge on any atom is -0.365 e. The summed E-state index contributed by atoms with van der Waals surface area (Å²) >= 11 is 0. The van der Waals surface area contributed by atoms with Crippen molar-refractivity contribution < 1.29 is 13.2 Å². The van der Waals surface area contributed by atoms with E-state index in [2.05, 4.69) is 31.3 Å². The maximum Gasteiger partial charge on any atom is 0.433 e. The van der Waals surface area contributed by atoms with Gasteiger partial charge in [0.15, 0.2) is 5.65 Å². The van der Waals surface area contributed by atoms with Crippen LogP contribution in [0.5, 0.6) is 0 Å². The fourth-order valence-corrected chi connectivity index (χ4v) is 3.37. The lowest BCUT2D eigenvalue weighted by Gasteiger charge is -2.21. The average Bonchev–Trinajstić information content (AvgIpc) is 3.20. The van der Waals surface area contributed by atoms with Gasteiger partial charge in [0.1, 0.15) is 17.6 Å². The summed E-state index contributed by atoms with van der Waals surface area (Å²) in [5, 5.41) is 12.9. The Kier molecular flexibility index (Phi) is 4.88. The van der Waals surface area contributed by atoms with Gasteiger partial charge >= 0.3 is 6.18 Å². The Morgan fingerprint density at radius 2 is 1.97 bits per heavy atom. The van der Waals surface area contributed by atoms with Crippen molar-refractivity contribution in [2.24, 2.45) is 0 Å². The van der Waals surface area contributed by atoms with Crippen LogP contribution < -0.4 is 10.2 Å². The van der Waals surface area contributed by atoms with Crippen molar-refractivity contribution in [1.82, 2.24) is 19.9 Å². The molecule has 0 aromatic carbocycles. The summed E-state index contributed by atoms with van der Waals surface area (Å²) in [6, 6.07) is 8.18. The quantitative estimate of drug-likeness (QED) is 0.717. The Morgan fingerprint density at radius 3 is 2.76 bits per heavy atom. The third kappa shape index (κ3) is 3.76. The van der Waals surface area contributed by atoms with Crippen LogP contribution in [-0.4, -0.2) is 32.5 Å². The molecule has 1 aliphatic heterocycles. The second kappa shape index (κ2) is 7.50. The van der Waals surface area contributed by atoms with Crippen molar-refractivity contribution in [3.63, 3.8) is 0 Å². The number of hydrogen-bond acceptors (Lipinski definition) is 7. The van der Waals surface area contributed by atoms with Crippen LogP contribution in [0.15, 0.2) is 36.7 Å². The molecule has 1 aliphatic rings. The van der Waals surface area contributed by atoms with Crippen molar-refractivity contribution in [2.45, 2.75) is 31.6 Å². The molecule has 7 nitrogen and oxygen atoms in total. The molecular weight excluding hydrogens is 383 g/mol. The summed E-state index contributed by atoms with van der Waals surface area (Å²) in [4.78, 5) is 18.5. The van der Waals surface area contributed by atoms with Gasteiger partial charge in [-0.15, -0.1) is 0 Å². The minimum absolute atomic E-state index is 0.00766. The van der Waals surface area contributed by atoms with Gasteiger partial charge in [-0.3, -0.25) is 4.98 Å². The van der Waals surface area contributed by atoms with Gasteiger partial charge in [0, 0.05) is 31.0 Å². The summed E-state index contributed by atoms with van der Waals surface area (Å²) in [6.07, 6.45) is -0.293. The Balaban J connectivity index is 1.70. The highest BCUT2D eigenvalue weighted by Crippen LogP contribution is 2.31. The smallest absolute Gasteiger partial charge is 0.365 e. The van der Waals surface area contributed by atoms with E-state index in [0.717, 1.165) is 12.6 Å². The SMILES string of the molecule is N#CC1CCCN1c1nc(NCc2cccnc2C(F)(F)F)c2cccnc2n1. The molecule has 3 aromatic heterocycles. The topological polar surface area (TPSA) is 90.6 Å². The van der Waals surface area contributed by atoms with E-state index in [9.17, 15) is 18.4 Å². The maximum absolute atomic E-state index is 13.2. The van der Waals surface area contributed by atoms with E-state index in [1.165, 1.54) is 12.1 Å². The van der Waals surface area contributed by atoms with Gasteiger partial charge in [0.2, 0.25) is 5.95 Å².